The molecule has 0 saturated heterocycles. The van der Waals surface area contributed by atoms with Crippen LogP contribution in [-0.4, -0.2) is 20.7 Å². The Morgan fingerprint density at radius 1 is 1.17 bits per heavy atom. The van der Waals surface area contributed by atoms with Gasteiger partial charge in [-0.3, -0.25) is 9.78 Å². The molecule has 0 radical (unpaired) electrons. The van der Waals surface area contributed by atoms with Gasteiger partial charge < -0.3 is 5.32 Å². The lowest BCUT2D eigenvalue weighted by atomic mass is 10.1. The standard InChI is InChI=1S/C21H21F3N4O/c1-13(16-7-9-25-10-8-16)26-20(29)12-19-14(2)27-28(15(19)3)18-6-4-5-17(11-18)21(22,23)24/h4-11,13H,12H2,1-3H3,(H,26,29)/t13-/m0/s1. The van der Waals surface area contributed by atoms with E-state index in [0.29, 0.717) is 22.6 Å². The number of nitrogens with zero attached hydrogens (tertiary/aromatic N) is 3. The molecule has 8 heteroatoms. The summed E-state index contributed by atoms with van der Waals surface area (Å²) >= 11 is 0. The van der Waals surface area contributed by atoms with E-state index in [9.17, 15) is 18.0 Å². The van der Waals surface area contributed by atoms with Crippen LogP contribution >= 0.6 is 0 Å². The molecule has 0 aliphatic carbocycles. The SMILES string of the molecule is Cc1nn(-c2cccc(C(F)(F)F)c2)c(C)c1CC(=O)N[C@@H](C)c1ccncc1. The minimum atomic E-state index is -4.43. The summed E-state index contributed by atoms with van der Waals surface area (Å²) < 4.78 is 40.5. The monoisotopic (exact) mass is 402 g/mol. The Bertz CT molecular complexity index is 1010. The molecule has 0 aliphatic heterocycles. The minimum absolute atomic E-state index is 0.0893. The predicted molar refractivity (Wildman–Crippen MR) is 103 cm³/mol. The minimum Gasteiger partial charge on any atom is -0.349 e. The highest BCUT2D eigenvalue weighted by Gasteiger charge is 2.30. The lowest BCUT2D eigenvalue weighted by Crippen LogP contribution is -2.28. The highest BCUT2D eigenvalue weighted by atomic mass is 19.4. The van der Waals surface area contributed by atoms with Gasteiger partial charge in [-0.05, 0) is 56.7 Å². The first-order valence-electron chi connectivity index (χ1n) is 9.09. The van der Waals surface area contributed by atoms with Gasteiger partial charge >= 0.3 is 6.18 Å². The molecule has 0 spiro atoms. The van der Waals surface area contributed by atoms with E-state index >= 15 is 0 Å². The van der Waals surface area contributed by atoms with Crippen LogP contribution in [0, 0.1) is 13.8 Å². The van der Waals surface area contributed by atoms with E-state index < -0.39 is 11.7 Å². The average molecular weight is 402 g/mol. The topological polar surface area (TPSA) is 59.8 Å². The fraction of sp³-hybridized carbons (Fsp3) is 0.286. The van der Waals surface area contributed by atoms with Crippen molar-refractivity contribution in [2.24, 2.45) is 0 Å². The van der Waals surface area contributed by atoms with Crippen LogP contribution in [0.2, 0.25) is 0 Å². The van der Waals surface area contributed by atoms with Crippen LogP contribution in [-0.2, 0) is 17.4 Å². The van der Waals surface area contributed by atoms with Crippen LogP contribution in [0.15, 0.2) is 48.8 Å². The second-order valence-corrected chi connectivity index (χ2v) is 6.86. The number of aromatic nitrogens is 3. The fourth-order valence-electron chi connectivity index (χ4n) is 3.18. The summed E-state index contributed by atoms with van der Waals surface area (Å²) in [4.78, 5) is 16.5. The van der Waals surface area contributed by atoms with E-state index in [1.165, 1.54) is 10.7 Å². The van der Waals surface area contributed by atoms with Crippen molar-refractivity contribution in [1.29, 1.82) is 0 Å². The number of aryl methyl sites for hydroxylation is 1. The highest BCUT2D eigenvalue weighted by molar-refractivity contribution is 5.79. The number of hydrogen-bond donors (Lipinski definition) is 1. The van der Waals surface area contributed by atoms with Crippen molar-refractivity contribution < 1.29 is 18.0 Å². The van der Waals surface area contributed by atoms with Gasteiger partial charge in [-0.25, -0.2) is 4.68 Å². The van der Waals surface area contributed by atoms with Gasteiger partial charge in [0, 0.05) is 23.7 Å². The molecule has 0 aliphatic rings. The molecule has 2 heterocycles. The van der Waals surface area contributed by atoms with E-state index in [-0.39, 0.29) is 18.4 Å². The lowest BCUT2D eigenvalue weighted by molar-refractivity contribution is -0.137. The van der Waals surface area contributed by atoms with Crippen molar-refractivity contribution in [2.75, 3.05) is 0 Å². The molecule has 2 aromatic heterocycles. The molecule has 3 aromatic rings. The van der Waals surface area contributed by atoms with Gasteiger partial charge in [0.1, 0.15) is 0 Å². The summed E-state index contributed by atoms with van der Waals surface area (Å²) in [5, 5.41) is 7.28. The van der Waals surface area contributed by atoms with Gasteiger partial charge in [0.25, 0.3) is 0 Å². The molecule has 1 amide bonds. The van der Waals surface area contributed by atoms with Crippen LogP contribution < -0.4 is 5.32 Å². The Morgan fingerprint density at radius 3 is 2.52 bits per heavy atom. The van der Waals surface area contributed by atoms with E-state index in [4.69, 9.17) is 0 Å². The first kappa shape index (κ1) is 20.6. The molecule has 1 aromatic carbocycles. The zero-order valence-corrected chi connectivity index (χ0v) is 16.3. The van der Waals surface area contributed by atoms with Gasteiger partial charge in [0.15, 0.2) is 0 Å². The highest BCUT2D eigenvalue weighted by Crippen LogP contribution is 2.31. The number of benzene rings is 1. The molecule has 1 atom stereocenters. The van der Waals surface area contributed by atoms with E-state index in [2.05, 4.69) is 15.4 Å². The molecule has 5 nitrogen and oxygen atoms in total. The maximum atomic E-state index is 13.0. The summed E-state index contributed by atoms with van der Waals surface area (Å²) in [5.41, 5.74) is 2.42. The average Bonchev–Trinajstić information content (AvgIpc) is 2.96. The van der Waals surface area contributed by atoms with E-state index in [1.54, 1.807) is 32.3 Å². The Morgan fingerprint density at radius 2 is 1.86 bits per heavy atom. The third kappa shape index (κ3) is 4.64. The van der Waals surface area contributed by atoms with Gasteiger partial charge in [0.2, 0.25) is 5.91 Å². The Kier molecular flexibility index (Phi) is 5.72. The van der Waals surface area contributed by atoms with Crippen LogP contribution in [0.3, 0.4) is 0 Å². The number of carbonyl (C=O) groups excluding carboxylic acids is 1. The maximum Gasteiger partial charge on any atom is 0.416 e. The number of carbonyl (C=O) groups is 1. The lowest BCUT2D eigenvalue weighted by Gasteiger charge is -2.14. The third-order valence-electron chi connectivity index (χ3n) is 4.78. The van der Waals surface area contributed by atoms with E-state index in [1.807, 2.05) is 19.1 Å². The number of halogens is 3. The molecule has 152 valence electrons. The number of rotatable bonds is 5. The zero-order chi connectivity index (χ0) is 21.2. The molecule has 1 N–H and O–H groups in total. The van der Waals surface area contributed by atoms with Crippen LogP contribution in [0.4, 0.5) is 13.2 Å². The van der Waals surface area contributed by atoms with Crippen molar-refractivity contribution in [3.63, 3.8) is 0 Å². The van der Waals surface area contributed by atoms with Gasteiger partial charge in [-0.2, -0.15) is 18.3 Å². The normalized spacial score (nSPS) is 12.6. The molecule has 3 rings (SSSR count). The van der Waals surface area contributed by atoms with Crippen LogP contribution in [0.25, 0.3) is 5.69 Å². The summed E-state index contributed by atoms with van der Waals surface area (Å²) in [7, 11) is 0. The Balaban J connectivity index is 1.80. The maximum absolute atomic E-state index is 13.0. The quantitative estimate of drug-likeness (QED) is 0.691. The summed E-state index contributed by atoms with van der Waals surface area (Å²) in [6, 6.07) is 8.44. The second-order valence-electron chi connectivity index (χ2n) is 6.86. The first-order valence-corrected chi connectivity index (χ1v) is 9.09. The molecule has 0 fully saturated rings. The van der Waals surface area contributed by atoms with Crippen LogP contribution in [0.1, 0.15) is 41.0 Å². The van der Waals surface area contributed by atoms with E-state index in [0.717, 1.165) is 17.7 Å². The van der Waals surface area contributed by atoms with Crippen molar-refractivity contribution in [3.8, 4) is 5.69 Å². The smallest absolute Gasteiger partial charge is 0.349 e. The van der Waals surface area contributed by atoms with Gasteiger partial charge in [0.05, 0.1) is 29.4 Å². The molecule has 29 heavy (non-hydrogen) atoms. The Labute approximate surface area is 166 Å². The summed E-state index contributed by atoms with van der Waals surface area (Å²) in [6.45, 7) is 5.36. The first-order chi connectivity index (χ1) is 13.7. The van der Waals surface area contributed by atoms with Crippen molar-refractivity contribution >= 4 is 5.91 Å². The number of alkyl halides is 3. The number of pyridine rings is 1. The molecular weight excluding hydrogens is 381 g/mol. The van der Waals surface area contributed by atoms with Crippen molar-refractivity contribution in [1.82, 2.24) is 20.1 Å². The number of hydrogen-bond acceptors (Lipinski definition) is 3. The summed E-state index contributed by atoms with van der Waals surface area (Å²) in [5.74, 6) is -0.191. The fourth-order valence-corrected chi connectivity index (χ4v) is 3.18. The van der Waals surface area contributed by atoms with Gasteiger partial charge in [-0.1, -0.05) is 6.07 Å². The van der Waals surface area contributed by atoms with Crippen molar-refractivity contribution in [3.05, 3.63) is 76.9 Å². The molecule has 0 saturated carbocycles. The molecular formula is C21H21F3N4O. The largest absolute Gasteiger partial charge is 0.416 e. The van der Waals surface area contributed by atoms with Crippen LogP contribution in [0.5, 0.6) is 0 Å². The summed E-state index contributed by atoms with van der Waals surface area (Å²) in [6.07, 6.45) is -1.03. The second kappa shape index (κ2) is 8.06. The number of amides is 1. The Hall–Kier alpha value is -3.16. The molecule has 0 bridgehead atoms. The zero-order valence-electron chi connectivity index (χ0n) is 16.3. The van der Waals surface area contributed by atoms with Gasteiger partial charge in [-0.15, -0.1) is 0 Å². The number of nitrogens with one attached hydrogen (secondary N) is 1. The third-order valence-corrected chi connectivity index (χ3v) is 4.78. The van der Waals surface area contributed by atoms with Crippen molar-refractivity contribution in [2.45, 2.75) is 39.4 Å². The predicted octanol–water partition coefficient (Wildman–Crippen LogP) is 4.32. The molecule has 0 unspecified atom stereocenters.